The number of rotatable bonds is 7. The molecule has 1 aliphatic rings. The maximum atomic E-state index is 15.1. The van der Waals surface area contributed by atoms with Crippen molar-refractivity contribution in [3.05, 3.63) is 64.2 Å². The Balaban J connectivity index is 1.79. The van der Waals surface area contributed by atoms with Crippen LogP contribution in [0.2, 0.25) is 0 Å². The molecular formula is C31H35F4N3O2S. The number of carbonyl (C=O) groups is 2. The predicted molar refractivity (Wildman–Crippen MR) is 152 cm³/mol. The minimum atomic E-state index is -4.73. The molecule has 10 heteroatoms. The number of carbonyl (C=O) groups excluding carboxylic acids is 2. The highest BCUT2D eigenvalue weighted by molar-refractivity contribution is 7.80. The van der Waals surface area contributed by atoms with Crippen molar-refractivity contribution in [2.45, 2.75) is 77.3 Å². The Morgan fingerprint density at radius 3 is 2.56 bits per heavy atom. The summed E-state index contributed by atoms with van der Waals surface area (Å²) in [7, 11) is 3.37. The van der Waals surface area contributed by atoms with Crippen LogP contribution < -0.4 is 0 Å². The van der Waals surface area contributed by atoms with Crippen LogP contribution in [-0.4, -0.2) is 40.5 Å². The summed E-state index contributed by atoms with van der Waals surface area (Å²) in [6, 6.07) is 7.52. The topological polar surface area (TPSA) is 74.1 Å². The van der Waals surface area contributed by atoms with Crippen molar-refractivity contribution in [2.24, 2.45) is 11.3 Å². The average Bonchev–Trinajstić information content (AvgIpc) is 2.93. The Morgan fingerprint density at radius 1 is 1.24 bits per heavy atom. The second-order valence-electron chi connectivity index (χ2n) is 11.7. The van der Waals surface area contributed by atoms with Crippen molar-refractivity contribution in [1.82, 2.24) is 9.88 Å². The van der Waals surface area contributed by atoms with Crippen LogP contribution in [0.3, 0.4) is 0 Å². The molecule has 1 amide bonds. The van der Waals surface area contributed by atoms with E-state index in [-0.39, 0.29) is 41.8 Å². The standard InChI is InChI=1S/C31H35F4N3O2S/c1-30(2)16-22(21-9-8-20(25(32)14-21)6-5-7-29(40)38(3)4)10-11-27(41)23(15-28(30)39)12-19-13-24(31(33,34)35)26(17-36)37-18-19/h8-9,13-14,18,22-23H,5-7,10-12,15-16H2,1-4H3. The molecule has 0 saturated heterocycles. The van der Waals surface area contributed by atoms with Gasteiger partial charge in [-0.1, -0.05) is 38.2 Å². The first-order valence-electron chi connectivity index (χ1n) is 13.6. The lowest BCUT2D eigenvalue weighted by molar-refractivity contribution is -0.138. The number of hydrogen-bond donors (Lipinski definition) is 0. The third-order valence-electron chi connectivity index (χ3n) is 7.86. The molecule has 1 saturated carbocycles. The summed E-state index contributed by atoms with van der Waals surface area (Å²) < 4.78 is 55.5. The van der Waals surface area contributed by atoms with E-state index in [4.69, 9.17) is 17.5 Å². The summed E-state index contributed by atoms with van der Waals surface area (Å²) in [5.74, 6) is -1.02. The molecular weight excluding hydrogens is 554 g/mol. The third kappa shape index (κ3) is 8.41. The number of amides is 1. The first-order chi connectivity index (χ1) is 19.1. The number of Topliss-reactive ketones (excluding diaryl/α,β-unsaturated/α-hetero) is 1. The molecule has 5 nitrogen and oxygen atoms in total. The van der Waals surface area contributed by atoms with E-state index >= 15 is 4.39 Å². The van der Waals surface area contributed by atoms with E-state index < -0.39 is 28.8 Å². The molecule has 0 aliphatic heterocycles. The lowest BCUT2D eigenvalue weighted by Gasteiger charge is -2.28. The molecule has 1 heterocycles. The highest BCUT2D eigenvalue weighted by atomic mass is 32.1. The molecule has 2 atom stereocenters. The third-order valence-corrected chi connectivity index (χ3v) is 8.40. The number of aromatic nitrogens is 1. The molecule has 220 valence electrons. The van der Waals surface area contributed by atoms with Crippen molar-refractivity contribution >= 4 is 28.8 Å². The van der Waals surface area contributed by atoms with Gasteiger partial charge in [-0.2, -0.15) is 18.4 Å². The zero-order valence-electron chi connectivity index (χ0n) is 23.8. The van der Waals surface area contributed by atoms with E-state index in [1.165, 1.54) is 23.2 Å². The van der Waals surface area contributed by atoms with Crippen LogP contribution in [0.15, 0.2) is 30.5 Å². The smallest absolute Gasteiger partial charge is 0.349 e. The summed E-state index contributed by atoms with van der Waals surface area (Å²) in [5, 5.41) is 9.04. The van der Waals surface area contributed by atoms with Crippen LogP contribution in [-0.2, 0) is 28.6 Å². The lowest BCUT2D eigenvalue weighted by Crippen LogP contribution is -2.29. The average molecular weight is 590 g/mol. The molecule has 1 aromatic carbocycles. The van der Waals surface area contributed by atoms with Gasteiger partial charge in [0.1, 0.15) is 17.7 Å². The fourth-order valence-corrected chi connectivity index (χ4v) is 5.60. The van der Waals surface area contributed by atoms with E-state index in [1.807, 2.05) is 19.9 Å². The number of ketones is 1. The molecule has 2 aromatic rings. The normalized spacial score (nSPS) is 19.6. The summed E-state index contributed by atoms with van der Waals surface area (Å²) in [4.78, 5) is 31.0. The van der Waals surface area contributed by atoms with Crippen molar-refractivity contribution in [2.75, 3.05) is 14.1 Å². The van der Waals surface area contributed by atoms with Gasteiger partial charge in [-0.25, -0.2) is 9.37 Å². The molecule has 1 fully saturated rings. The van der Waals surface area contributed by atoms with Crippen molar-refractivity contribution < 1.29 is 27.2 Å². The molecule has 0 N–H and O–H groups in total. The number of pyridine rings is 1. The van der Waals surface area contributed by atoms with E-state index in [9.17, 15) is 22.8 Å². The Kier molecular flexibility index (Phi) is 10.4. The number of aryl methyl sites for hydroxylation is 1. The molecule has 0 spiro atoms. The Hall–Kier alpha value is -3.19. The van der Waals surface area contributed by atoms with E-state index in [2.05, 4.69) is 4.98 Å². The molecule has 2 unspecified atom stereocenters. The van der Waals surface area contributed by atoms with Crippen LogP contribution in [0.5, 0.6) is 0 Å². The number of nitriles is 1. The monoisotopic (exact) mass is 589 g/mol. The summed E-state index contributed by atoms with van der Waals surface area (Å²) >= 11 is 5.70. The number of thiocarbonyl (C=S) groups is 1. The van der Waals surface area contributed by atoms with Gasteiger partial charge in [0.2, 0.25) is 5.91 Å². The maximum Gasteiger partial charge on any atom is 0.419 e. The van der Waals surface area contributed by atoms with Gasteiger partial charge in [0, 0.05) is 44.5 Å². The van der Waals surface area contributed by atoms with Gasteiger partial charge in [0.15, 0.2) is 5.69 Å². The van der Waals surface area contributed by atoms with Gasteiger partial charge in [-0.15, -0.1) is 0 Å². The minimum Gasteiger partial charge on any atom is -0.349 e. The number of alkyl halides is 3. The predicted octanol–water partition coefficient (Wildman–Crippen LogP) is 7.00. The van der Waals surface area contributed by atoms with E-state index in [1.54, 1.807) is 20.2 Å². The molecule has 1 aliphatic carbocycles. The second kappa shape index (κ2) is 13.2. The van der Waals surface area contributed by atoms with Gasteiger partial charge < -0.3 is 4.90 Å². The lowest BCUT2D eigenvalue weighted by atomic mass is 9.74. The highest BCUT2D eigenvalue weighted by Gasteiger charge is 2.37. The SMILES string of the molecule is CN(C)C(=O)CCCc1ccc(C2CCC(=S)C(Cc3cnc(C#N)c(C(F)(F)F)c3)CC(=O)C(C)(C)C2)cc1F. The summed E-state index contributed by atoms with van der Waals surface area (Å²) in [5.41, 5.74) is -1.00. The van der Waals surface area contributed by atoms with Gasteiger partial charge in [-0.05, 0) is 78.1 Å². The van der Waals surface area contributed by atoms with Crippen molar-refractivity contribution in [3.8, 4) is 6.07 Å². The quantitative estimate of drug-likeness (QED) is 0.257. The summed E-state index contributed by atoms with van der Waals surface area (Å²) in [6.45, 7) is 3.68. The molecule has 0 bridgehead atoms. The number of halogens is 4. The summed E-state index contributed by atoms with van der Waals surface area (Å²) in [6.07, 6.45) is -0.489. The van der Waals surface area contributed by atoms with Crippen LogP contribution in [0.4, 0.5) is 17.6 Å². The van der Waals surface area contributed by atoms with E-state index in [0.29, 0.717) is 49.0 Å². The van der Waals surface area contributed by atoms with E-state index in [0.717, 1.165) is 11.6 Å². The highest BCUT2D eigenvalue weighted by Crippen LogP contribution is 2.40. The molecule has 0 radical (unpaired) electrons. The van der Waals surface area contributed by atoms with Crippen molar-refractivity contribution in [1.29, 1.82) is 5.26 Å². The number of hydrogen-bond acceptors (Lipinski definition) is 5. The first-order valence-corrected chi connectivity index (χ1v) is 14.0. The van der Waals surface area contributed by atoms with Gasteiger partial charge in [0.05, 0.1) is 5.56 Å². The molecule has 3 rings (SSSR count). The minimum absolute atomic E-state index is 0.00924. The van der Waals surface area contributed by atoms with Crippen LogP contribution in [0, 0.1) is 28.5 Å². The van der Waals surface area contributed by atoms with Gasteiger partial charge in [-0.3, -0.25) is 9.59 Å². The fraction of sp³-hybridized carbons (Fsp3) is 0.516. The maximum absolute atomic E-state index is 15.1. The zero-order valence-corrected chi connectivity index (χ0v) is 24.6. The number of nitrogens with zero attached hydrogens (tertiary/aromatic N) is 3. The van der Waals surface area contributed by atoms with Crippen LogP contribution in [0.25, 0.3) is 0 Å². The molecule has 1 aromatic heterocycles. The largest absolute Gasteiger partial charge is 0.419 e. The first kappa shape index (κ1) is 32.3. The number of benzene rings is 1. The zero-order chi connectivity index (χ0) is 30.5. The Morgan fingerprint density at radius 2 is 1.95 bits per heavy atom. The van der Waals surface area contributed by atoms with Crippen LogP contribution in [0.1, 0.15) is 86.2 Å². The fourth-order valence-electron chi connectivity index (χ4n) is 5.32. The van der Waals surface area contributed by atoms with Crippen molar-refractivity contribution in [3.63, 3.8) is 0 Å². The molecule has 41 heavy (non-hydrogen) atoms. The Labute approximate surface area is 243 Å². The second-order valence-corrected chi connectivity index (χ2v) is 12.2. The van der Waals surface area contributed by atoms with Gasteiger partial charge >= 0.3 is 6.18 Å². The van der Waals surface area contributed by atoms with Crippen LogP contribution >= 0.6 is 12.2 Å². The van der Waals surface area contributed by atoms with Gasteiger partial charge in [0.25, 0.3) is 0 Å². The Bertz CT molecular complexity index is 1350.